The normalized spacial score (nSPS) is 24.5. The van der Waals surface area contributed by atoms with Gasteiger partial charge in [0.05, 0.1) is 0 Å². The van der Waals surface area contributed by atoms with Gasteiger partial charge in [0.25, 0.3) is 0 Å². The Hall–Kier alpha value is -0.590. The number of allylic oxidation sites excluding steroid dienone is 4. The molecule has 0 heterocycles. The molecule has 62 valence electrons. The molecule has 0 aromatic heterocycles. The van der Waals surface area contributed by atoms with Gasteiger partial charge in [-0.25, -0.2) is 4.39 Å². The van der Waals surface area contributed by atoms with Gasteiger partial charge in [0.15, 0.2) is 0 Å². The Bertz CT molecular complexity index is 189. The Morgan fingerprint density at radius 3 is 2.91 bits per heavy atom. The largest absolute Gasteiger partial charge is 0.212 e. The standard InChI is InChI=1S/C10H15F/c1-3-4-9-6-5-8(2)10(11)7-9/h6-8H,3-5H2,1-2H3. The third kappa shape index (κ3) is 2.18. The van der Waals surface area contributed by atoms with Crippen LogP contribution < -0.4 is 0 Å². The Labute approximate surface area is 67.8 Å². The molecule has 0 fully saturated rings. The predicted molar refractivity (Wildman–Crippen MR) is 46.0 cm³/mol. The highest BCUT2D eigenvalue weighted by Crippen LogP contribution is 2.26. The molecule has 1 heteroatoms. The van der Waals surface area contributed by atoms with E-state index in [0.29, 0.717) is 0 Å². The zero-order chi connectivity index (χ0) is 8.27. The Morgan fingerprint density at radius 1 is 1.64 bits per heavy atom. The summed E-state index contributed by atoms with van der Waals surface area (Å²) in [6.07, 6.45) is 6.83. The van der Waals surface area contributed by atoms with Crippen LogP contribution >= 0.6 is 0 Å². The molecule has 0 N–H and O–H groups in total. The van der Waals surface area contributed by atoms with E-state index in [1.165, 1.54) is 5.57 Å². The van der Waals surface area contributed by atoms with Gasteiger partial charge in [0.2, 0.25) is 0 Å². The van der Waals surface area contributed by atoms with Crippen LogP contribution in [0, 0.1) is 5.92 Å². The SMILES string of the molecule is CCCC1=CCC(C)C(F)=C1. The minimum Gasteiger partial charge on any atom is -0.212 e. The highest BCUT2D eigenvalue weighted by Gasteiger charge is 2.11. The first-order valence-corrected chi connectivity index (χ1v) is 4.30. The van der Waals surface area contributed by atoms with Crippen molar-refractivity contribution in [3.63, 3.8) is 0 Å². The Morgan fingerprint density at radius 2 is 2.36 bits per heavy atom. The maximum absolute atomic E-state index is 13.0. The lowest BCUT2D eigenvalue weighted by atomic mass is 9.95. The van der Waals surface area contributed by atoms with Gasteiger partial charge in [-0.15, -0.1) is 0 Å². The van der Waals surface area contributed by atoms with Crippen molar-refractivity contribution in [2.24, 2.45) is 5.92 Å². The van der Waals surface area contributed by atoms with E-state index in [1.807, 2.05) is 6.92 Å². The van der Waals surface area contributed by atoms with Gasteiger partial charge in [0.1, 0.15) is 5.83 Å². The lowest BCUT2D eigenvalue weighted by Crippen LogP contribution is -1.99. The lowest BCUT2D eigenvalue weighted by Gasteiger charge is -2.13. The molecule has 1 aliphatic rings. The molecule has 0 aromatic rings. The van der Waals surface area contributed by atoms with E-state index >= 15 is 0 Å². The smallest absolute Gasteiger partial charge is 0.103 e. The van der Waals surface area contributed by atoms with E-state index in [4.69, 9.17) is 0 Å². The second-order valence-corrected chi connectivity index (χ2v) is 3.20. The number of hydrogen-bond acceptors (Lipinski definition) is 0. The molecule has 0 amide bonds. The average Bonchev–Trinajstić information content (AvgIpc) is 1.98. The molecule has 1 unspecified atom stereocenters. The number of hydrogen-bond donors (Lipinski definition) is 0. The molecular formula is C10H15F. The highest BCUT2D eigenvalue weighted by molar-refractivity contribution is 5.26. The Kier molecular flexibility index (Phi) is 2.86. The zero-order valence-electron chi connectivity index (χ0n) is 7.23. The molecule has 0 spiro atoms. The van der Waals surface area contributed by atoms with E-state index in [9.17, 15) is 4.39 Å². The van der Waals surface area contributed by atoms with Crippen LogP contribution in [0.5, 0.6) is 0 Å². The number of halogens is 1. The second-order valence-electron chi connectivity index (χ2n) is 3.20. The zero-order valence-corrected chi connectivity index (χ0v) is 7.23. The summed E-state index contributed by atoms with van der Waals surface area (Å²) in [4.78, 5) is 0. The monoisotopic (exact) mass is 154 g/mol. The van der Waals surface area contributed by atoms with Gasteiger partial charge in [-0.05, 0) is 24.5 Å². The molecule has 1 atom stereocenters. The van der Waals surface area contributed by atoms with Crippen molar-refractivity contribution in [2.45, 2.75) is 33.1 Å². The van der Waals surface area contributed by atoms with Crippen molar-refractivity contribution in [1.82, 2.24) is 0 Å². The summed E-state index contributed by atoms with van der Waals surface area (Å²) in [6, 6.07) is 0. The fraction of sp³-hybridized carbons (Fsp3) is 0.600. The molecule has 0 saturated carbocycles. The van der Waals surface area contributed by atoms with Crippen molar-refractivity contribution < 1.29 is 4.39 Å². The van der Waals surface area contributed by atoms with Crippen LogP contribution in [-0.4, -0.2) is 0 Å². The van der Waals surface area contributed by atoms with E-state index in [2.05, 4.69) is 13.0 Å². The summed E-state index contributed by atoms with van der Waals surface area (Å²) in [5, 5.41) is 0. The first-order chi connectivity index (χ1) is 5.24. The first-order valence-electron chi connectivity index (χ1n) is 4.30. The topological polar surface area (TPSA) is 0 Å². The van der Waals surface area contributed by atoms with Gasteiger partial charge >= 0.3 is 0 Å². The van der Waals surface area contributed by atoms with E-state index in [1.54, 1.807) is 6.08 Å². The van der Waals surface area contributed by atoms with Crippen LogP contribution in [-0.2, 0) is 0 Å². The fourth-order valence-electron chi connectivity index (χ4n) is 1.28. The van der Waals surface area contributed by atoms with E-state index in [0.717, 1.165) is 19.3 Å². The van der Waals surface area contributed by atoms with Crippen molar-refractivity contribution >= 4 is 0 Å². The maximum Gasteiger partial charge on any atom is 0.103 e. The lowest BCUT2D eigenvalue weighted by molar-refractivity contribution is 0.487. The van der Waals surface area contributed by atoms with Gasteiger partial charge in [0, 0.05) is 5.92 Å². The van der Waals surface area contributed by atoms with Crippen molar-refractivity contribution in [3.05, 3.63) is 23.6 Å². The number of rotatable bonds is 2. The third-order valence-electron chi connectivity index (χ3n) is 2.07. The summed E-state index contributed by atoms with van der Waals surface area (Å²) >= 11 is 0. The van der Waals surface area contributed by atoms with Crippen molar-refractivity contribution in [1.29, 1.82) is 0 Å². The minimum absolute atomic E-state index is 0.0518. The quantitative estimate of drug-likeness (QED) is 0.570. The van der Waals surface area contributed by atoms with Gasteiger partial charge in [-0.3, -0.25) is 0 Å². The summed E-state index contributed by atoms with van der Waals surface area (Å²) in [5.74, 6) is 0.159. The molecule has 0 nitrogen and oxygen atoms in total. The molecule has 0 bridgehead atoms. The molecular weight excluding hydrogens is 139 g/mol. The van der Waals surface area contributed by atoms with Gasteiger partial charge in [-0.2, -0.15) is 0 Å². The van der Waals surface area contributed by atoms with Gasteiger partial charge in [-0.1, -0.05) is 26.3 Å². The maximum atomic E-state index is 13.0. The van der Waals surface area contributed by atoms with E-state index < -0.39 is 0 Å². The van der Waals surface area contributed by atoms with Gasteiger partial charge < -0.3 is 0 Å². The predicted octanol–water partition coefficient (Wildman–Crippen LogP) is 3.61. The summed E-state index contributed by atoms with van der Waals surface area (Å²) < 4.78 is 13.0. The third-order valence-corrected chi connectivity index (χ3v) is 2.07. The highest BCUT2D eigenvalue weighted by atomic mass is 19.1. The van der Waals surface area contributed by atoms with Crippen LogP contribution in [0.1, 0.15) is 33.1 Å². The molecule has 0 saturated heterocycles. The first kappa shape index (κ1) is 8.51. The molecule has 0 aromatic carbocycles. The average molecular weight is 154 g/mol. The van der Waals surface area contributed by atoms with Crippen LogP contribution in [0.4, 0.5) is 4.39 Å². The van der Waals surface area contributed by atoms with E-state index in [-0.39, 0.29) is 11.7 Å². The molecule has 1 aliphatic carbocycles. The second kappa shape index (κ2) is 3.70. The molecule has 11 heavy (non-hydrogen) atoms. The fourth-order valence-corrected chi connectivity index (χ4v) is 1.28. The van der Waals surface area contributed by atoms with Crippen molar-refractivity contribution in [2.75, 3.05) is 0 Å². The summed E-state index contributed by atoms with van der Waals surface area (Å²) in [7, 11) is 0. The minimum atomic E-state index is 0.0518. The summed E-state index contributed by atoms with van der Waals surface area (Å²) in [5.41, 5.74) is 1.17. The molecule has 1 rings (SSSR count). The molecule has 0 aliphatic heterocycles. The van der Waals surface area contributed by atoms with Crippen LogP contribution in [0.25, 0.3) is 0 Å². The Balaban J connectivity index is 2.59. The molecule has 0 radical (unpaired) electrons. The van der Waals surface area contributed by atoms with Crippen LogP contribution in [0.15, 0.2) is 23.6 Å². The van der Waals surface area contributed by atoms with Crippen LogP contribution in [0.3, 0.4) is 0 Å². The summed E-state index contributed by atoms with van der Waals surface area (Å²) in [6.45, 7) is 4.04. The van der Waals surface area contributed by atoms with Crippen molar-refractivity contribution in [3.8, 4) is 0 Å². The van der Waals surface area contributed by atoms with Crippen LogP contribution in [0.2, 0.25) is 0 Å².